The number of hydrogen-bond acceptors (Lipinski definition) is 2. The van der Waals surface area contributed by atoms with Crippen molar-refractivity contribution in [3.63, 3.8) is 0 Å². The third-order valence-electron chi connectivity index (χ3n) is 1.44. The molecule has 0 aromatic heterocycles. The lowest BCUT2D eigenvalue weighted by molar-refractivity contribution is -0.106. The van der Waals surface area contributed by atoms with Crippen LogP contribution < -0.4 is 5.32 Å². The van der Waals surface area contributed by atoms with E-state index in [1.807, 2.05) is 31.2 Å². The van der Waals surface area contributed by atoms with Crippen LogP contribution in [-0.2, 0) is 4.79 Å². The van der Waals surface area contributed by atoms with E-state index in [9.17, 15) is 4.79 Å². The molecule has 0 unspecified atom stereocenters. The minimum atomic E-state index is 0.378. The van der Waals surface area contributed by atoms with Crippen molar-refractivity contribution in [2.75, 3.05) is 11.9 Å². The number of hydrogen-bond donors (Lipinski definition) is 1. The summed E-state index contributed by atoms with van der Waals surface area (Å²) in [5, 5.41) is 2.95. The van der Waals surface area contributed by atoms with Gasteiger partial charge in [-0.15, -0.1) is 0 Å². The second-order valence-corrected chi connectivity index (χ2v) is 2.41. The van der Waals surface area contributed by atoms with Crippen molar-refractivity contribution in [1.29, 1.82) is 0 Å². The molecule has 0 aliphatic heterocycles. The maximum Gasteiger partial charge on any atom is 0.139 e. The molecule has 0 radical (unpaired) electrons. The van der Waals surface area contributed by atoms with Gasteiger partial charge in [0.15, 0.2) is 0 Å². The summed E-state index contributed by atoms with van der Waals surface area (Å²) in [6.45, 7) is 2.41. The Kier molecular flexibility index (Phi) is 2.66. The summed E-state index contributed by atoms with van der Waals surface area (Å²) < 4.78 is 0. The van der Waals surface area contributed by atoms with Crippen molar-refractivity contribution < 1.29 is 4.79 Å². The van der Waals surface area contributed by atoms with Crippen LogP contribution in [0.25, 0.3) is 0 Å². The maximum absolute atomic E-state index is 9.98. The van der Waals surface area contributed by atoms with E-state index in [0.717, 1.165) is 12.0 Å². The van der Waals surface area contributed by atoms with E-state index in [2.05, 4.69) is 5.32 Å². The Morgan fingerprint density at radius 1 is 1.36 bits per heavy atom. The molecule has 1 aromatic rings. The Morgan fingerprint density at radius 2 is 2.00 bits per heavy atom. The largest absolute Gasteiger partial charge is 0.378 e. The van der Waals surface area contributed by atoms with Crippen LogP contribution in [0.5, 0.6) is 0 Å². The molecule has 2 nitrogen and oxygen atoms in total. The normalized spacial score (nSPS) is 9.18. The molecule has 1 N–H and O–H groups in total. The molecule has 0 aliphatic rings. The summed E-state index contributed by atoms with van der Waals surface area (Å²) in [7, 11) is 0. The standard InChI is InChI=1S/C9H11NO/c1-8-2-4-9(5-3-8)10-6-7-11/h2-5,7,10H,6H2,1H3. The average molecular weight is 149 g/mol. The van der Waals surface area contributed by atoms with E-state index in [4.69, 9.17) is 0 Å². The lowest BCUT2D eigenvalue weighted by Gasteiger charge is -2.00. The van der Waals surface area contributed by atoms with Crippen LogP contribution >= 0.6 is 0 Å². The number of benzene rings is 1. The molecule has 11 heavy (non-hydrogen) atoms. The molecular weight excluding hydrogens is 138 g/mol. The Morgan fingerprint density at radius 3 is 2.55 bits per heavy atom. The first kappa shape index (κ1) is 7.79. The fourth-order valence-corrected chi connectivity index (χ4v) is 0.831. The number of nitrogens with one attached hydrogen (secondary N) is 1. The van der Waals surface area contributed by atoms with E-state index in [1.165, 1.54) is 5.56 Å². The van der Waals surface area contributed by atoms with Crippen LogP contribution in [0.1, 0.15) is 5.56 Å². The van der Waals surface area contributed by atoms with E-state index in [-0.39, 0.29) is 0 Å². The van der Waals surface area contributed by atoms with Crippen LogP contribution in [0.2, 0.25) is 0 Å². The quantitative estimate of drug-likeness (QED) is 0.661. The average Bonchev–Trinajstić information content (AvgIpc) is 2.04. The van der Waals surface area contributed by atoms with Crippen molar-refractivity contribution in [2.45, 2.75) is 6.92 Å². The fourth-order valence-electron chi connectivity index (χ4n) is 0.831. The molecule has 0 saturated carbocycles. The smallest absolute Gasteiger partial charge is 0.139 e. The van der Waals surface area contributed by atoms with Gasteiger partial charge < -0.3 is 10.1 Å². The van der Waals surface area contributed by atoms with Gasteiger partial charge in [0.2, 0.25) is 0 Å². The first-order valence-electron chi connectivity index (χ1n) is 3.57. The number of rotatable bonds is 3. The number of carbonyl (C=O) groups is 1. The monoisotopic (exact) mass is 149 g/mol. The summed E-state index contributed by atoms with van der Waals surface area (Å²) in [6, 6.07) is 7.93. The molecule has 0 bridgehead atoms. The highest BCUT2D eigenvalue weighted by Crippen LogP contribution is 2.07. The molecule has 0 saturated heterocycles. The Bertz CT molecular complexity index is 228. The highest BCUT2D eigenvalue weighted by Gasteiger charge is 1.87. The van der Waals surface area contributed by atoms with Gasteiger partial charge in [0.1, 0.15) is 6.29 Å². The van der Waals surface area contributed by atoms with Crippen molar-refractivity contribution >= 4 is 12.0 Å². The Balaban J connectivity index is 2.58. The zero-order valence-corrected chi connectivity index (χ0v) is 6.50. The number of anilines is 1. The highest BCUT2D eigenvalue weighted by molar-refractivity contribution is 5.59. The van der Waals surface area contributed by atoms with Gasteiger partial charge in [-0.05, 0) is 19.1 Å². The van der Waals surface area contributed by atoms with Crippen LogP contribution in [-0.4, -0.2) is 12.8 Å². The van der Waals surface area contributed by atoms with Crippen LogP contribution in [0.15, 0.2) is 24.3 Å². The molecule has 0 heterocycles. The fraction of sp³-hybridized carbons (Fsp3) is 0.222. The molecule has 0 atom stereocenters. The highest BCUT2D eigenvalue weighted by atomic mass is 16.1. The molecule has 0 aliphatic carbocycles. The second-order valence-electron chi connectivity index (χ2n) is 2.41. The van der Waals surface area contributed by atoms with Crippen LogP contribution in [0.3, 0.4) is 0 Å². The minimum absolute atomic E-state index is 0.378. The van der Waals surface area contributed by atoms with Gasteiger partial charge in [0, 0.05) is 5.69 Å². The van der Waals surface area contributed by atoms with Gasteiger partial charge in [0.05, 0.1) is 6.54 Å². The molecule has 1 aromatic carbocycles. The van der Waals surface area contributed by atoms with Gasteiger partial charge in [-0.1, -0.05) is 17.7 Å². The molecule has 0 spiro atoms. The lowest BCUT2D eigenvalue weighted by atomic mass is 10.2. The zero-order valence-electron chi connectivity index (χ0n) is 6.50. The SMILES string of the molecule is Cc1ccc(NCC=O)cc1. The third-order valence-corrected chi connectivity index (χ3v) is 1.44. The number of aldehydes is 1. The summed E-state index contributed by atoms with van der Waals surface area (Å²) in [5.74, 6) is 0. The van der Waals surface area contributed by atoms with Crippen LogP contribution in [0.4, 0.5) is 5.69 Å². The van der Waals surface area contributed by atoms with Crippen molar-refractivity contribution in [3.8, 4) is 0 Å². The van der Waals surface area contributed by atoms with Crippen molar-refractivity contribution in [2.24, 2.45) is 0 Å². The zero-order chi connectivity index (χ0) is 8.10. The molecular formula is C9H11NO. The summed E-state index contributed by atoms with van der Waals surface area (Å²) in [6.07, 6.45) is 0.847. The minimum Gasteiger partial charge on any atom is -0.378 e. The maximum atomic E-state index is 9.98. The predicted octanol–water partition coefficient (Wildman–Crippen LogP) is 1.61. The van der Waals surface area contributed by atoms with E-state index in [1.54, 1.807) is 0 Å². The molecule has 58 valence electrons. The first-order chi connectivity index (χ1) is 5.33. The summed E-state index contributed by atoms with van der Waals surface area (Å²) in [5.41, 5.74) is 2.21. The van der Waals surface area contributed by atoms with E-state index >= 15 is 0 Å². The number of aryl methyl sites for hydroxylation is 1. The third kappa shape index (κ3) is 2.42. The molecule has 1 rings (SSSR count). The summed E-state index contributed by atoms with van der Waals surface area (Å²) in [4.78, 5) is 9.98. The van der Waals surface area contributed by atoms with Gasteiger partial charge in [-0.3, -0.25) is 0 Å². The number of carbonyl (C=O) groups excluding carboxylic acids is 1. The van der Waals surface area contributed by atoms with Gasteiger partial charge in [0.25, 0.3) is 0 Å². The second kappa shape index (κ2) is 3.76. The first-order valence-corrected chi connectivity index (χ1v) is 3.57. The van der Waals surface area contributed by atoms with E-state index < -0.39 is 0 Å². The van der Waals surface area contributed by atoms with Gasteiger partial charge in [-0.2, -0.15) is 0 Å². The lowest BCUT2D eigenvalue weighted by Crippen LogP contribution is -2.01. The van der Waals surface area contributed by atoms with Crippen molar-refractivity contribution in [1.82, 2.24) is 0 Å². The molecule has 0 fully saturated rings. The molecule has 0 amide bonds. The van der Waals surface area contributed by atoms with Gasteiger partial charge in [-0.25, -0.2) is 0 Å². The molecule has 2 heteroatoms. The Labute approximate surface area is 66.2 Å². The predicted molar refractivity (Wildman–Crippen MR) is 45.7 cm³/mol. The Hall–Kier alpha value is -1.31. The van der Waals surface area contributed by atoms with E-state index in [0.29, 0.717) is 6.54 Å². The summed E-state index contributed by atoms with van der Waals surface area (Å²) >= 11 is 0. The van der Waals surface area contributed by atoms with Crippen LogP contribution in [0, 0.1) is 6.92 Å². The topological polar surface area (TPSA) is 29.1 Å². The van der Waals surface area contributed by atoms with Crippen molar-refractivity contribution in [3.05, 3.63) is 29.8 Å². The van der Waals surface area contributed by atoms with Gasteiger partial charge >= 0.3 is 0 Å².